The molecule has 3 amide bonds. The molecule has 2 aliphatic heterocycles. The number of hydrogen-bond acceptors (Lipinski definition) is 4. The molecule has 2 fully saturated rings. The maximum Gasteiger partial charge on any atom is 0.320 e. The van der Waals surface area contributed by atoms with Crippen LogP contribution in [0.2, 0.25) is 0 Å². The molecule has 1 aromatic carbocycles. The molecule has 0 aromatic heterocycles. The van der Waals surface area contributed by atoms with Crippen LogP contribution in [-0.4, -0.2) is 76.0 Å². The monoisotopic (exact) mass is 388 g/mol. The lowest BCUT2D eigenvalue weighted by Crippen LogP contribution is -2.60. The molecule has 1 aromatic rings. The van der Waals surface area contributed by atoms with Gasteiger partial charge in [-0.15, -0.1) is 0 Å². The SMILES string of the molecule is CC(C)N1CCC(N2CCCN([C@@H](Cc3ccc(O)cc3)C(N)=O)C2=O)CC1. The summed E-state index contributed by atoms with van der Waals surface area (Å²) in [5.74, 6) is -0.315. The average molecular weight is 389 g/mol. The van der Waals surface area contributed by atoms with E-state index < -0.39 is 11.9 Å². The quantitative estimate of drug-likeness (QED) is 0.777. The molecule has 7 nitrogen and oxygen atoms in total. The smallest absolute Gasteiger partial charge is 0.320 e. The topological polar surface area (TPSA) is 90.1 Å². The number of phenols is 1. The fourth-order valence-corrected chi connectivity index (χ4v) is 4.33. The van der Waals surface area contributed by atoms with Crippen molar-refractivity contribution >= 4 is 11.9 Å². The van der Waals surface area contributed by atoms with Crippen molar-refractivity contribution in [1.29, 1.82) is 0 Å². The fraction of sp³-hybridized carbons (Fsp3) is 0.619. The van der Waals surface area contributed by atoms with Gasteiger partial charge in [-0.1, -0.05) is 12.1 Å². The normalized spacial score (nSPS) is 20.6. The van der Waals surface area contributed by atoms with Gasteiger partial charge >= 0.3 is 6.03 Å². The summed E-state index contributed by atoms with van der Waals surface area (Å²) in [4.78, 5) is 31.4. The average Bonchev–Trinajstić information content (AvgIpc) is 2.68. The number of rotatable bonds is 6. The predicted octanol–water partition coefficient (Wildman–Crippen LogP) is 1.79. The van der Waals surface area contributed by atoms with E-state index in [-0.39, 0.29) is 17.8 Å². The molecule has 0 bridgehead atoms. The van der Waals surface area contributed by atoms with Crippen LogP contribution < -0.4 is 5.73 Å². The molecular weight excluding hydrogens is 356 g/mol. The molecule has 0 aliphatic carbocycles. The molecule has 7 heteroatoms. The summed E-state index contributed by atoms with van der Waals surface area (Å²) in [6, 6.07) is 6.71. The number of carbonyl (C=O) groups excluding carboxylic acids is 2. The van der Waals surface area contributed by atoms with Gasteiger partial charge in [0.25, 0.3) is 0 Å². The lowest BCUT2D eigenvalue weighted by molar-refractivity contribution is -0.122. The van der Waals surface area contributed by atoms with Gasteiger partial charge in [0.15, 0.2) is 0 Å². The Morgan fingerprint density at radius 2 is 1.79 bits per heavy atom. The van der Waals surface area contributed by atoms with Crippen molar-refractivity contribution in [2.24, 2.45) is 5.73 Å². The number of aromatic hydroxyl groups is 1. The lowest BCUT2D eigenvalue weighted by Gasteiger charge is -2.45. The summed E-state index contributed by atoms with van der Waals surface area (Å²) in [5, 5.41) is 9.46. The van der Waals surface area contributed by atoms with Gasteiger partial charge < -0.3 is 25.5 Å². The number of carbonyl (C=O) groups is 2. The number of hydrogen-bond donors (Lipinski definition) is 2. The lowest BCUT2D eigenvalue weighted by atomic mass is 9.99. The van der Waals surface area contributed by atoms with E-state index in [4.69, 9.17) is 5.73 Å². The number of nitrogens with zero attached hydrogens (tertiary/aromatic N) is 3. The second-order valence-electron chi connectivity index (χ2n) is 8.17. The van der Waals surface area contributed by atoms with Crippen molar-refractivity contribution in [3.05, 3.63) is 29.8 Å². The molecule has 0 radical (unpaired) electrons. The number of nitrogens with two attached hydrogens (primary N) is 1. The van der Waals surface area contributed by atoms with E-state index in [0.29, 0.717) is 19.0 Å². The first-order chi connectivity index (χ1) is 13.4. The Balaban J connectivity index is 1.69. The summed E-state index contributed by atoms with van der Waals surface area (Å²) < 4.78 is 0. The van der Waals surface area contributed by atoms with E-state index in [9.17, 15) is 14.7 Å². The second-order valence-corrected chi connectivity index (χ2v) is 8.17. The van der Waals surface area contributed by atoms with Crippen LogP contribution in [0.5, 0.6) is 5.75 Å². The molecular formula is C21H32N4O3. The highest BCUT2D eigenvalue weighted by molar-refractivity contribution is 5.86. The van der Waals surface area contributed by atoms with Crippen molar-refractivity contribution in [3.8, 4) is 5.75 Å². The molecule has 1 atom stereocenters. The number of amides is 3. The highest BCUT2D eigenvalue weighted by Crippen LogP contribution is 2.24. The number of phenolic OH excluding ortho intramolecular Hbond substituents is 1. The van der Waals surface area contributed by atoms with E-state index >= 15 is 0 Å². The zero-order valence-electron chi connectivity index (χ0n) is 16.9. The van der Waals surface area contributed by atoms with Gasteiger partial charge in [-0.2, -0.15) is 0 Å². The first-order valence-corrected chi connectivity index (χ1v) is 10.3. The van der Waals surface area contributed by atoms with Crippen molar-refractivity contribution < 1.29 is 14.7 Å². The molecule has 154 valence electrons. The van der Waals surface area contributed by atoms with Gasteiger partial charge in [0.2, 0.25) is 5.91 Å². The van der Waals surface area contributed by atoms with E-state index in [1.165, 1.54) is 0 Å². The molecule has 0 saturated carbocycles. The van der Waals surface area contributed by atoms with E-state index in [1.807, 2.05) is 4.90 Å². The number of urea groups is 1. The summed E-state index contributed by atoms with van der Waals surface area (Å²) in [6.07, 6.45) is 3.14. The molecule has 3 N–H and O–H groups in total. The van der Waals surface area contributed by atoms with Gasteiger partial charge in [0.05, 0.1) is 0 Å². The second kappa shape index (κ2) is 8.82. The number of benzene rings is 1. The van der Waals surface area contributed by atoms with Crippen LogP contribution in [0.25, 0.3) is 0 Å². The Labute approximate surface area is 167 Å². The maximum absolute atomic E-state index is 13.2. The highest BCUT2D eigenvalue weighted by atomic mass is 16.3. The Morgan fingerprint density at radius 1 is 1.14 bits per heavy atom. The van der Waals surface area contributed by atoms with Crippen LogP contribution in [0.3, 0.4) is 0 Å². The summed E-state index contributed by atoms with van der Waals surface area (Å²) >= 11 is 0. The van der Waals surface area contributed by atoms with Gasteiger partial charge in [-0.05, 0) is 50.8 Å². The van der Waals surface area contributed by atoms with Crippen LogP contribution in [0.1, 0.15) is 38.7 Å². The Bertz CT molecular complexity index is 683. The summed E-state index contributed by atoms with van der Waals surface area (Å²) in [7, 11) is 0. The minimum absolute atomic E-state index is 0.0724. The van der Waals surface area contributed by atoms with Crippen LogP contribution in [0, 0.1) is 0 Å². The maximum atomic E-state index is 13.2. The zero-order valence-corrected chi connectivity index (χ0v) is 16.9. The van der Waals surface area contributed by atoms with Gasteiger partial charge in [0.1, 0.15) is 11.8 Å². The zero-order chi connectivity index (χ0) is 20.3. The Kier molecular flexibility index (Phi) is 6.44. The third kappa shape index (κ3) is 4.58. The third-order valence-corrected chi connectivity index (χ3v) is 6.03. The largest absolute Gasteiger partial charge is 0.508 e. The standard InChI is InChI=1S/C21H32N4O3/c1-15(2)23-12-8-17(9-13-23)24-10-3-11-25(21(24)28)19(20(22)27)14-16-4-6-18(26)7-5-16/h4-7,15,17,19,26H,3,8-14H2,1-2H3,(H2,22,27)/t19-/m0/s1. The van der Waals surface area contributed by atoms with Crippen molar-refractivity contribution in [1.82, 2.24) is 14.7 Å². The van der Waals surface area contributed by atoms with Crippen LogP contribution >= 0.6 is 0 Å². The van der Waals surface area contributed by atoms with Crippen LogP contribution in [-0.2, 0) is 11.2 Å². The van der Waals surface area contributed by atoms with E-state index in [2.05, 4.69) is 18.7 Å². The fourth-order valence-electron chi connectivity index (χ4n) is 4.33. The van der Waals surface area contributed by atoms with E-state index in [0.717, 1.165) is 44.5 Å². The summed E-state index contributed by atoms with van der Waals surface area (Å²) in [5.41, 5.74) is 6.55. The minimum atomic E-state index is -0.671. The van der Waals surface area contributed by atoms with Gasteiger partial charge in [-0.3, -0.25) is 4.79 Å². The first kappa shape index (κ1) is 20.5. The van der Waals surface area contributed by atoms with Crippen LogP contribution in [0.15, 0.2) is 24.3 Å². The van der Waals surface area contributed by atoms with Crippen molar-refractivity contribution in [2.45, 2.75) is 57.7 Å². The molecule has 2 heterocycles. The Hall–Kier alpha value is -2.28. The molecule has 2 aliphatic rings. The van der Waals surface area contributed by atoms with Gasteiger partial charge in [-0.25, -0.2) is 4.79 Å². The number of primary amides is 1. The molecule has 2 saturated heterocycles. The third-order valence-electron chi connectivity index (χ3n) is 6.03. The molecule has 0 spiro atoms. The van der Waals surface area contributed by atoms with Crippen LogP contribution in [0.4, 0.5) is 4.79 Å². The predicted molar refractivity (Wildman–Crippen MR) is 108 cm³/mol. The minimum Gasteiger partial charge on any atom is -0.508 e. The molecule has 28 heavy (non-hydrogen) atoms. The molecule has 0 unspecified atom stereocenters. The van der Waals surface area contributed by atoms with E-state index in [1.54, 1.807) is 29.2 Å². The first-order valence-electron chi connectivity index (χ1n) is 10.3. The summed E-state index contributed by atoms with van der Waals surface area (Å²) in [6.45, 7) is 7.69. The van der Waals surface area contributed by atoms with Crippen molar-refractivity contribution in [2.75, 3.05) is 26.2 Å². The Morgan fingerprint density at radius 3 is 2.36 bits per heavy atom. The molecule has 3 rings (SSSR count). The van der Waals surface area contributed by atoms with Crippen molar-refractivity contribution in [3.63, 3.8) is 0 Å². The number of piperidine rings is 1. The number of likely N-dealkylation sites (tertiary alicyclic amines) is 1. The highest BCUT2D eigenvalue weighted by Gasteiger charge is 2.38. The van der Waals surface area contributed by atoms with Gasteiger partial charge in [0, 0.05) is 44.7 Å².